The summed E-state index contributed by atoms with van der Waals surface area (Å²) >= 11 is 0. The number of hydrogen-bond acceptors (Lipinski definition) is 4. The fraction of sp³-hybridized carbons (Fsp3) is 0.423. The van der Waals surface area contributed by atoms with E-state index >= 15 is 0 Å². The summed E-state index contributed by atoms with van der Waals surface area (Å²) in [6.45, 7) is 1.36. The van der Waals surface area contributed by atoms with Crippen molar-refractivity contribution in [1.29, 1.82) is 0 Å². The minimum Gasteiger partial charge on any atom is -0.480 e. The first-order valence-corrected chi connectivity index (χ1v) is 11.1. The number of carbonyl (C=O) groups is 1. The molecule has 0 aromatic heterocycles. The predicted molar refractivity (Wildman–Crippen MR) is 118 cm³/mol. The second kappa shape index (κ2) is 10.5. The van der Waals surface area contributed by atoms with Crippen LogP contribution in [0.5, 0.6) is 0 Å². The van der Waals surface area contributed by atoms with Gasteiger partial charge in [0.2, 0.25) is 0 Å². The minimum absolute atomic E-state index is 0.0462. The third kappa shape index (κ3) is 5.49. The molecule has 2 aliphatic rings. The van der Waals surface area contributed by atoms with E-state index in [1.54, 1.807) is 12.1 Å². The zero-order chi connectivity index (χ0) is 23.3. The molecule has 4 unspecified atom stereocenters. The van der Waals surface area contributed by atoms with Crippen LogP contribution in [0.3, 0.4) is 0 Å². The number of fused-ring (bicyclic) bond motifs is 2. The Kier molecular flexibility index (Phi) is 7.53. The van der Waals surface area contributed by atoms with Gasteiger partial charge in [-0.15, -0.1) is 0 Å². The third-order valence-electron chi connectivity index (χ3n) is 6.73. The topological polar surface area (TPSA) is 65.0 Å². The Morgan fingerprint density at radius 3 is 2.45 bits per heavy atom. The molecule has 0 amide bonds. The molecular formula is C26H28F2O5. The van der Waals surface area contributed by atoms with Gasteiger partial charge in [0.25, 0.3) is 0 Å². The molecule has 1 heterocycles. The second-order valence-corrected chi connectivity index (χ2v) is 8.74. The highest BCUT2D eigenvalue weighted by Gasteiger charge is 2.59. The van der Waals surface area contributed by atoms with Crippen molar-refractivity contribution in [2.75, 3.05) is 26.4 Å². The highest BCUT2D eigenvalue weighted by atomic mass is 19.1. The van der Waals surface area contributed by atoms with Crippen LogP contribution in [-0.2, 0) is 31.0 Å². The van der Waals surface area contributed by atoms with E-state index in [-0.39, 0.29) is 48.2 Å². The summed E-state index contributed by atoms with van der Waals surface area (Å²) in [6, 6.07) is 12.9. The molecule has 5 nitrogen and oxygen atoms in total. The lowest BCUT2D eigenvalue weighted by Gasteiger charge is -2.39. The average Bonchev–Trinajstić information content (AvgIpc) is 3.36. The molecule has 2 aromatic carbocycles. The molecule has 2 bridgehead atoms. The lowest BCUT2D eigenvalue weighted by molar-refractivity contribution is -0.141. The smallest absolute Gasteiger partial charge is 0.329 e. The molecule has 1 N–H and O–H groups in total. The summed E-state index contributed by atoms with van der Waals surface area (Å²) in [4.78, 5) is 10.6. The molecule has 1 aliphatic heterocycles. The van der Waals surface area contributed by atoms with E-state index in [2.05, 4.69) is 0 Å². The summed E-state index contributed by atoms with van der Waals surface area (Å²) in [5.74, 6) is -1.18. The van der Waals surface area contributed by atoms with Crippen LogP contribution in [0, 0.1) is 23.5 Å². The van der Waals surface area contributed by atoms with Crippen LogP contribution in [0.1, 0.15) is 24.0 Å². The van der Waals surface area contributed by atoms with Gasteiger partial charge in [0.05, 0.1) is 32.5 Å². The summed E-state index contributed by atoms with van der Waals surface area (Å²) < 4.78 is 44.0. The molecule has 1 saturated heterocycles. The quantitative estimate of drug-likeness (QED) is 0.397. The molecule has 7 heteroatoms. The van der Waals surface area contributed by atoms with Gasteiger partial charge < -0.3 is 19.3 Å². The molecule has 0 spiro atoms. The van der Waals surface area contributed by atoms with Crippen molar-refractivity contribution in [1.82, 2.24) is 0 Å². The second-order valence-electron chi connectivity index (χ2n) is 8.74. The first-order valence-electron chi connectivity index (χ1n) is 11.1. The lowest BCUT2D eigenvalue weighted by Crippen LogP contribution is -2.41. The van der Waals surface area contributed by atoms with Crippen molar-refractivity contribution in [2.45, 2.75) is 31.0 Å². The van der Waals surface area contributed by atoms with Crippen molar-refractivity contribution in [2.24, 2.45) is 11.8 Å². The van der Waals surface area contributed by atoms with Crippen LogP contribution in [0.4, 0.5) is 8.78 Å². The van der Waals surface area contributed by atoms with Crippen LogP contribution >= 0.6 is 0 Å². The van der Waals surface area contributed by atoms with Crippen LogP contribution in [-0.4, -0.2) is 43.6 Å². The molecule has 33 heavy (non-hydrogen) atoms. The predicted octanol–water partition coefficient (Wildman–Crippen LogP) is 4.50. The summed E-state index contributed by atoms with van der Waals surface area (Å²) in [7, 11) is 0. The summed E-state index contributed by atoms with van der Waals surface area (Å²) in [5.41, 5.74) is 1.74. The van der Waals surface area contributed by atoms with Crippen LogP contribution in [0.15, 0.2) is 60.7 Å². The molecule has 2 fully saturated rings. The number of halogens is 2. The first-order chi connectivity index (χ1) is 16.0. The Hall–Kier alpha value is -2.61. The first kappa shape index (κ1) is 23.5. The van der Waals surface area contributed by atoms with E-state index in [9.17, 15) is 13.6 Å². The van der Waals surface area contributed by atoms with Gasteiger partial charge in [-0.1, -0.05) is 36.4 Å². The summed E-state index contributed by atoms with van der Waals surface area (Å²) in [6.07, 6.45) is 5.50. The van der Waals surface area contributed by atoms with Gasteiger partial charge in [0, 0.05) is 11.3 Å². The number of aliphatic carboxylic acids is 1. The van der Waals surface area contributed by atoms with E-state index in [1.165, 1.54) is 24.3 Å². The zero-order valence-corrected chi connectivity index (χ0v) is 18.3. The number of allylic oxidation sites excluding steroid dienone is 1. The Morgan fingerprint density at radius 1 is 1.06 bits per heavy atom. The molecule has 1 aliphatic carbocycles. The fourth-order valence-electron chi connectivity index (χ4n) is 5.17. The maximum atomic E-state index is 13.6. The largest absolute Gasteiger partial charge is 0.480 e. The van der Waals surface area contributed by atoms with Crippen molar-refractivity contribution < 1.29 is 32.9 Å². The van der Waals surface area contributed by atoms with Gasteiger partial charge >= 0.3 is 5.97 Å². The highest BCUT2D eigenvalue weighted by Crippen LogP contribution is 2.56. The number of carboxylic acid groups (broad SMARTS) is 1. The van der Waals surface area contributed by atoms with Crippen LogP contribution in [0.25, 0.3) is 0 Å². The number of carboxylic acids is 1. The molecule has 0 radical (unpaired) electrons. The molecule has 4 rings (SSSR count). The van der Waals surface area contributed by atoms with E-state index in [4.69, 9.17) is 19.3 Å². The van der Waals surface area contributed by atoms with Crippen molar-refractivity contribution >= 4 is 5.97 Å². The van der Waals surface area contributed by atoms with Gasteiger partial charge in [-0.25, -0.2) is 13.6 Å². The number of rotatable bonds is 11. The number of benzene rings is 2. The van der Waals surface area contributed by atoms with E-state index < -0.39 is 5.97 Å². The molecule has 2 aromatic rings. The van der Waals surface area contributed by atoms with Gasteiger partial charge in [-0.05, 0) is 54.2 Å². The van der Waals surface area contributed by atoms with Gasteiger partial charge in [0.1, 0.15) is 18.2 Å². The van der Waals surface area contributed by atoms with Crippen molar-refractivity contribution in [3.05, 3.63) is 83.4 Å². The minimum atomic E-state index is -0.998. The van der Waals surface area contributed by atoms with E-state index in [1.807, 2.05) is 24.3 Å². The molecule has 176 valence electrons. The number of hydrogen-bond donors (Lipinski definition) is 1. The van der Waals surface area contributed by atoms with Gasteiger partial charge in [-0.3, -0.25) is 0 Å². The SMILES string of the molecule is O=C(O)COC/C=C/CC1C(COCc2ccc(F)cc2)C2CC1(c1ccc(F)cc1)CO2. The molecular weight excluding hydrogens is 430 g/mol. The number of ether oxygens (including phenoxy) is 3. The Morgan fingerprint density at radius 2 is 1.76 bits per heavy atom. The van der Waals surface area contributed by atoms with Gasteiger partial charge in [-0.2, -0.15) is 0 Å². The standard InChI is InChI=1S/C26H28F2O5/c27-20-8-4-18(5-9-20)14-32-15-22-23(3-1-2-12-31-16-25(29)30)26(13-24(22)33-17-26)19-6-10-21(28)11-7-19/h1-2,4-11,22-24H,3,12-17H2,(H,29,30)/b2-1+. The fourth-order valence-corrected chi connectivity index (χ4v) is 5.17. The van der Waals surface area contributed by atoms with E-state index in [0.29, 0.717) is 19.8 Å². The highest BCUT2D eigenvalue weighted by molar-refractivity contribution is 5.68. The maximum absolute atomic E-state index is 13.6. The average molecular weight is 459 g/mol. The maximum Gasteiger partial charge on any atom is 0.329 e. The third-order valence-corrected chi connectivity index (χ3v) is 6.73. The Bertz CT molecular complexity index is 960. The summed E-state index contributed by atoms with van der Waals surface area (Å²) in [5, 5.41) is 8.68. The lowest BCUT2D eigenvalue weighted by atomic mass is 9.69. The monoisotopic (exact) mass is 458 g/mol. The van der Waals surface area contributed by atoms with Crippen molar-refractivity contribution in [3.63, 3.8) is 0 Å². The van der Waals surface area contributed by atoms with Crippen LogP contribution < -0.4 is 0 Å². The zero-order valence-electron chi connectivity index (χ0n) is 18.3. The molecule has 4 atom stereocenters. The Labute approximate surface area is 192 Å². The van der Waals surface area contributed by atoms with E-state index in [0.717, 1.165) is 24.0 Å². The Balaban J connectivity index is 1.45. The molecule has 1 saturated carbocycles. The van der Waals surface area contributed by atoms with Crippen LogP contribution in [0.2, 0.25) is 0 Å². The van der Waals surface area contributed by atoms with Gasteiger partial charge in [0.15, 0.2) is 0 Å². The van der Waals surface area contributed by atoms with Crippen molar-refractivity contribution in [3.8, 4) is 0 Å². The normalized spacial score (nSPS) is 26.3.